The fourth-order valence-electron chi connectivity index (χ4n) is 1.52. The second kappa shape index (κ2) is 7.32. The van der Waals surface area contributed by atoms with Gasteiger partial charge in [-0.1, -0.05) is 11.8 Å². The van der Waals surface area contributed by atoms with Gasteiger partial charge in [0.1, 0.15) is 6.10 Å². The fourth-order valence-corrected chi connectivity index (χ4v) is 2.17. The molecular weight excluding hydrogens is 268 g/mol. The molecule has 0 aromatic carbocycles. The molecule has 0 aliphatic carbocycles. The number of methoxy groups -OCH3 is 1. The molecule has 2 unspecified atom stereocenters. The fraction of sp³-hybridized carbons (Fsp3) is 0.500. The number of hydrogen-bond donors (Lipinski definition) is 3. The molecule has 7 heteroatoms. The largest absolute Gasteiger partial charge is 0.480 e. The maximum atomic E-state index is 10.8. The Morgan fingerprint density at radius 1 is 1.58 bits per heavy atom. The molecule has 4 N–H and O–H groups in total. The maximum absolute atomic E-state index is 10.8. The Bertz CT molecular complexity index is 442. The number of pyridine rings is 1. The van der Waals surface area contributed by atoms with Crippen LogP contribution >= 0.6 is 11.8 Å². The zero-order valence-electron chi connectivity index (χ0n) is 10.9. The Balaban J connectivity index is 2.63. The molecule has 1 heterocycles. The number of nitrogens with zero attached hydrogens (tertiary/aromatic N) is 1. The number of rotatable bonds is 6. The van der Waals surface area contributed by atoms with Crippen LogP contribution in [0.3, 0.4) is 0 Å². The number of ether oxygens (including phenoxy) is 1. The molecule has 106 valence electrons. The number of carbonyl (C=O) groups is 1. The molecule has 1 rings (SSSR count). The average Bonchev–Trinajstić information content (AvgIpc) is 2.37. The summed E-state index contributed by atoms with van der Waals surface area (Å²) in [5.41, 5.74) is 6.39. The molecule has 0 radical (unpaired) electrons. The van der Waals surface area contributed by atoms with Crippen molar-refractivity contribution in [3.8, 4) is 5.88 Å². The van der Waals surface area contributed by atoms with Gasteiger partial charge in [-0.2, -0.15) is 0 Å². The maximum Gasteiger partial charge on any atom is 0.236 e. The van der Waals surface area contributed by atoms with Gasteiger partial charge in [-0.25, -0.2) is 4.98 Å². The molecule has 0 bridgehead atoms. The zero-order chi connectivity index (χ0) is 14.4. The van der Waals surface area contributed by atoms with Crippen LogP contribution in [0.2, 0.25) is 0 Å². The van der Waals surface area contributed by atoms with Crippen molar-refractivity contribution in [1.29, 1.82) is 0 Å². The summed E-state index contributed by atoms with van der Waals surface area (Å²) in [6.45, 7) is 1.46. The molecule has 0 aliphatic rings. The smallest absolute Gasteiger partial charge is 0.236 e. The molecule has 6 nitrogen and oxygen atoms in total. The van der Waals surface area contributed by atoms with Crippen molar-refractivity contribution in [3.63, 3.8) is 0 Å². The molecule has 0 saturated heterocycles. The van der Waals surface area contributed by atoms with Gasteiger partial charge in [0.05, 0.1) is 18.9 Å². The lowest BCUT2D eigenvalue weighted by atomic mass is 10.0. The number of thioether (sulfide) groups is 1. The summed E-state index contributed by atoms with van der Waals surface area (Å²) < 4.78 is 4.91. The highest BCUT2D eigenvalue weighted by Crippen LogP contribution is 2.25. The predicted octanol–water partition coefficient (Wildman–Crippen LogP) is 0.736. The number of anilines is 1. The van der Waals surface area contributed by atoms with Gasteiger partial charge in [0, 0.05) is 24.4 Å². The summed E-state index contributed by atoms with van der Waals surface area (Å²) in [6, 6.07) is 1.51. The van der Waals surface area contributed by atoms with Gasteiger partial charge in [-0.05, 0) is 12.5 Å². The van der Waals surface area contributed by atoms with Gasteiger partial charge < -0.3 is 20.7 Å². The first-order valence-electron chi connectivity index (χ1n) is 5.74. The average molecular weight is 286 g/mol. The van der Waals surface area contributed by atoms with Crippen LogP contribution in [-0.4, -0.2) is 39.3 Å². The Morgan fingerprint density at radius 2 is 2.26 bits per heavy atom. The quantitative estimate of drug-likeness (QED) is 0.708. The third kappa shape index (κ3) is 4.70. The summed E-state index contributed by atoms with van der Waals surface area (Å²) in [5, 5.41) is 19.8. The first-order valence-corrected chi connectivity index (χ1v) is 6.73. The minimum atomic E-state index is -1.09. The first kappa shape index (κ1) is 15.7. The van der Waals surface area contributed by atoms with Crippen molar-refractivity contribution in [2.75, 3.05) is 18.6 Å². The van der Waals surface area contributed by atoms with Crippen molar-refractivity contribution < 1.29 is 19.7 Å². The van der Waals surface area contributed by atoms with Crippen molar-refractivity contribution in [2.45, 2.75) is 25.6 Å². The number of nitrogens with two attached hydrogens (primary N) is 1. The van der Waals surface area contributed by atoms with Crippen molar-refractivity contribution >= 4 is 22.6 Å². The number of hydrogen-bond acceptors (Lipinski definition) is 7. The lowest BCUT2D eigenvalue weighted by molar-refractivity contribution is -0.109. The molecule has 1 aromatic heterocycles. The van der Waals surface area contributed by atoms with Crippen molar-refractivity contribution in [1.82, 2.24) is 4.98 Å². The van der Waals surface area contributed by atoms with E-state index >= 15 is 0 Å². The van der Waals surface area contributed by atoms with Crippen LogP contribution in [-0.2, 0) is 4.79 Å². The molecule has 0 saturated carbocycles. The van der Waals surface area contributed by atoms with Crippen LogP contribution in [0.4, 0.5) is 5.69 Å². The normalized spacial score (nSPS) is 13.9. The monoisotopic (exact) mass is 286 g/mol. The summed E-state index contributed by atoms with van der Waals surface area (Å²) >= 11 is 1.11. The summed E-state index contributed by atoms with van der Waals surface area (Å²) in [6.07, 6.45) is -0.354. The second-order valence-electron chi connectivity index (χ2n) is 4.01. The highest BCUT2D eigenvalue weighted by Gasteiger charge is 2.19. The lowest BCUT2D eigenvalue weighted by Gasteiger charge is -2.18. The number of nitrogen functional groups attached to an aromatic ring is 1. The van der Waals surface area contributed by atoms with Gasteiger partial charge in [-0.15, -0.1) is 0 Å². The van der Waals surface area contributed by atoms with Crippen LogP contribution in [0, 0.1) is 0 Å². The number of carbonyl (C=O) groups excluding carboxylic acids is 1. The van der Waals surface area contributed by atoms with E-state index in [4.69, 9.17) is 10.5 Å². The molecule has 1 aromatic rings. The molecule has 0 amide bonds. The SMILES string of the molecule is COc1ncc(C(O)C(O)CCSC(C)=O)cc1N. The second-order valence-corrected chi connectivity index (χ2v) is 5.28. The molecule has 0 spiro atoms. The van der Waals surface area contributed by atoms with Crippen LogP contribution in [0.15, 0.2) is 12.3 Å². The van der Waals surface area contributed by atoms with Crippen LogP contribution < -0.4 is 10.5 Å². The van der Waals surface area contributed by atoms with Gasteiger partial charge in [0.15, 0.2) is 5.12 Å². The van der Waals surface area contributed by atoms with Crippen LogP contribution in [0.5, 0.6) is 5.88 Å². The van der Waals surface area contributed by atoms with E-state index in [0.29, 0.717) is 23.4 Å². The predicted molar refractivity (Wildman–Crippen MR) is 73.9 cm³/mol. The van der Waals surface area contributed by atoms with E-state index in [1.165, 1.54) is 26.3 Å². The molecule has 19 heavy (non-hydrogen) atoms. The minimum absolute atomic E-state index is 0.0166. The van der Waals surface area contributed by atoms with E-state index in [1.807, 2.05) is 0 Å². The van der Waals surface area contributed by atoms with Crippen LogP contribution in [0.25, 0.3) is 0 Å². The van der Waals surface area contributed by atoms with Crippen LogP contribution in [0.1, 0.15) is 25.0 Å². The molecular formula is C12H18N2O4S. The third-order valence-electron chi connectivity index (χ3n) is 2.52. The Morgan fingerprint density at radius 3 is 2.79 bits per heavy atom. The van der Waals surface area contributed by atoms with Crippen molar-refractivity contribution in [2.24, 2.45) is 0 Å². The summed E-state index contributed by atoms with van der Waals surface area (Å²) in [4.78, 5) is 14.7. The Hall–Kier alpha value is -1.31. The van der Waals surface area contributed by atoms with Gasteiger partial charge in [0.25, 0.3) is 0 Å². The van der Waals surface area contributed by atoms with E-state index in [2.05, 4.69) is 4.98 Å². The number of aromatic nitrogens is 1. The molecule has 0 aliphatic heterocycles. The van der Waals surface area contributed by atoms with Gasteiger partial charge in [0.2, 0.25) is 5.88 Å². The van der Waals surface area contributed by atoms with E-state index in [9.17, 15) is 15.0 Å². The van der Waals surface area contributed by atoms with Gasteiger partial charge >= 0.3 is 0 Å². The molecule has 0 fully saturated rings. The highest BCUT2D eigenvalue weighted by atomic mass is 32.2. The van der Waals surface area contributed by atoms with E-state index in [-0.39, 0.29) is 11.0 Å². The topological polar surface area (TPSA) is 106 Å². The summed E-state index contributed by atoms with van der Waals surface area (Å²) in [5.74, 6) is 0.727. The lowest BCUT2D eigenvalue weighted by Crippen LogP contribution is -2.19. The van der Waals surface area contributed by atoms with E-state index < -0.39 is 12.2 Å². The third-order valence-corrected chi connectivity index (χ3v) is 3.36. The van der Waals surface area contributed by atoms with E-state index in [1.54, 1.807) is 0 Å². The molecule has 2 atom stereocenters. The zero-order valence-corrected chi connectivity index (χ0v) is 11.7. The first-order chi connectivity index (χ1) is 8.95. The number of aliphatic hydroxyl groups excluding tert-OH is 2. The Kier molecular flexibility index (Phi) is 6.07. The van der Waals surface area contributed by atoms with Gasteiger partial charge in [-0.3, -0.25) is 4.79 Å². The highest BCUT2D eigenvalue weighted by molar-refractivity contribution is 8.13. The standard InChI is InChI=1S/C12H18N2O4S/c1-7(15)19-4-3-10(16)11(17)8-5-9(13)12(18-2)14-6-8/h5-6,10-11,16-17H,3-4,13H2,1-2H3. The Labute approximate surface area is 116 Å². The summed E-state index contributed by atoms with van der Waals surface area (Å²) in [7, 11) is 1.45. The van der Waals surface area contributed by atoms with E-state index in [0.717, 1.165) is 11.8 Å². The number of aliphatic hydroxyl groups is 2. The minimum Gasteiger partial charge on any atom is -0.480 e. The van der Waals surface area contributed by atoms with Crippen molar-refractivity contribution in [3.05, 3.63) is 17.8 Å².